The van der Waals surface area contributed by atoms with Gasteiger partial charge in [0.1, 0.15) is 0 Å². The lowest BCUT2D eigenvalue weighted by Crippen LogP contribution is -2.28. The molecule has 26 heavy (non-hydrogen) atoms. The summed E-state index contributed by atoms with van der Waals surface area (Å²) in [4.78, 5) is 2.00. The van der Waals surface area contributed by atoms with Crippen LogP contribution in [0.4, 0.5) is 13.2 Å². The number of hydrogen-bond donors (Lipinski definition) is 0. The zero-order valence-corrected chi connectivity index (χ0v) is 14.3. The Morgan fingerprint density at radius 3 is 2.00 bits per heavy atom. The summed E-state index contributed by atoms with van der Waals surface area (Å²) >= 11 is 0. The van der Waals surface area contributed by atoms with E-state index in [4.69, 9.17) is 0 Å². The van der Waals surface area contributed by atoms with Crippen LogP contribution < -0.4 is 0 Å². The maximum absolute atomic E-state index is 12.8. The topological polar surface area (TPSA) is 3.24 Å². The fourth-order valence-corrected chi connectivity index (χ4v) is 2.53. The van der Waals surface area contributed by atoms with Crippen molar-refractivity contribution >= 4 is 0 Å². The maximum Gasteiger partial charge on any atom is 0.416 e. The summed E-state index contributed by atoms with van der Waals surface area (Å²) in [5.41, 5.74) is 0.877. The van der Waals surface area contributed by atoms with Gasteiger partial charge in [0.25, 0.3) is 0 Å². The van der Waals surface area contributed by atoms with Crippen molar-refractivity contribution in [3.05, 3.63) is 96.6 Å². The second-order valence-electron chi connectivity index (χ2n) is 5.69. The molecule has 0 saturated carbocycles. The lowest BCUT2D eigenvalue weighted by molar-refractivity contribution is -0.137. The van der Waals surface area contributed by atoms with Gasteiger partial charge in [-0.25, -0.2) is 0 Å². The Hall–Kier alpha value is -2.77. The van der Waals surface area contributed by atoms with Gasteiger partial charge in [0.15, 0.2) is 0 Å². The van der Waals surface area contributed by atoms with Crippen LogP contribution in [0, 0.1) is 11.8 Å². The van der Waals surface area contributed by atoms with Crippen molar-refractivity contribution in [2.24, 2.45) is 0 Å². The Bertz CT molecular complexity index is 770. The summed E-state index contributed by atoms with van der Waals surface area (Å²) in [5.74, 6) is 6.28. The quantitative estimate of drug-likeness (QED) is 0.490. The molecule has 134 valence electrons. The van der Waals surface area contributed by atoms with Gasteiger partial charge in [0.2, 0.25) is 0 Å². The third-order valence-corrected chi connectivity index (χ3v) is 3.77. The highest BCUT2D eigenvalue weighted by Crippen LogP contribution is 2.30. The van der Waals surface area contributed by atoms with E-state index in [1.807, 2.05) is 35.2 Å². The van der Waals surface area contributed by atoms with E-state index in [9.17, 15) is 13.2 Å². The summed E-state index contributed by atoms with van der Waals surface area (Å²) in [7, 11) is 0. The first kappa shape index (κ1) is 19.6. The SMILES string of the molecule is C=CCN(CC=C)[C@H](C#Cc1ccccc1)c1ccc(C(F)(F)F)cc1. The monoisotopic (exact) mass is 355 g/mol. The largest absolute Gasteiger partial charge is 0.416 e. The van der Waals surface area contributed by atoms with Crippen molar-refractivity contribution in [3.8, 4) is 11.8 Å². The molecule has 2 rings (SSSR count). The normalized spacial score (nSPS) is 12.2. The molecule has 0 radical (unpaired) electrons. The molecule has 0 aliphatic carbocycles. The molecule has 0 bridgehead atoms. The molecule has 0 spiro atoms. The van der Waals surface area contributed by atoms with E-state index in [0.717, 1.165) is 17.7 Å². The first-order chi connectivity index (χ1) is 12.5. The average Bonchev–Trinajstić information content (AvgIpc) is 2.63. The molecule has 2 aromatic carbocycles. The minimum atomic E-state index is -4.36. The Balaban J connectivity index is 2.40. The van der Waals surface area contributed by atoms with Crippen LogP contribution in [0.5, 0.6) is 0 Å². The maximum atomic E-state index is 12.8. The number of nitrogens with zero attached hydrogens (tertiary/aromatic N) is 1. The zero-order chi connectivity index (χ0) is 19.0. The summed E-state index contributed by atoms with van der Waals surface area (Å²) in [5, 5.41) is 0. The van der Waals surface area contributed by atoms with Gasteiger partial charge < -0.3 is 0 Å². The van der Waals surface area contributed by atoms with Crippen LogP contribution in [-0.4, -0.2) is 18.0 Å². The molecule has 1 nitrogen and oxygen atoms in total. The van der Waals surface area contributed by atoms with Crippen LogP contribution in [0.25, 0.3) is 0 Å². The number of rotatable bonds is 6. The lowest BCUT2D eigenvalue weighted by atomic mass is 10.0. The summed E-state index contributed by atoms with van der Waals surface area (Å²) < 4.78 is 38.5. The predicted octanol–water partition coefficient (Wildman–Crippen LogP) is 5.47. The molecule has 0 fully saturated rings. The Kier molecular flexibility index (Phi) is 6.82. The van der Waals surface area contributed by atoms with E-state index in [1.54, 1.807) is 12.2 Å². The smallest absolute Gasteiger partial charge is 0.279 e. The Morgan fingerprint density at radius 1 is 0.923 bits per heavy atom. The molecule has 1 atom stereocenters. The summed E-state index contributed by atoms with van der Waals surface area (Å²) in [6, 6.07) is 14.2. The molecule has 2 aromatic rings. The van der Waals surface area contributed by atoms with Crippen molar-refractivity contribution in [3.63, 3.8) is 0 Å². The van der Waals surface area contributed by atoms with Crippen LogP contribution in [0.1, 0.15) is 22.7 Å². The first-order valence-corrected chi connectivity index (χ1v) is 8.15. The van der Waals surface area contributed by atoms with Crippen LogP contribution in [-0.2, 0) is 6.18 Å². The Morgan fingerprint density at radius 2 is 1.50 bits per heavy atom. The van der Waals surface area contributed by atoms with Crippen LogP contribution in [0.15, 0.2) is 79.9 Å². The molecule has 4 heteroatoms. The highest BCUT2D eigenvalue weighted by atomic mass is 19.4. The number of alkyl halides is 3. The molecule has 0 N–H and O–H groups in total. The van der Waals surface area contributed by atoms with Gasteiger partial charge in [-0.05, 0) is 29.8 Å². The fraction of sp³-hybridized carbons (Fsp3) is 0.182. The summed E-state index contributed by atoms with van der Waals surface area (Å²) in [6.07, 6.45) is -0.874. The van der Waals surface area contributed by atoms with Crippen molar-refractivity contribution in [1.29, 1.82) is 0 Å². The molecule has 0 saturated heterocycles. The highest BCUT2D eigenvalue weighted by Gasteiger charge is 2.30. The van der Waals surface area contributed by atoms with E-state index in [0.29, 0.717) is 18.7 Å². The predicted molar refractivity (Wildman–Crippen MR) is 99.5 cm³/mol. The lowest BCUT2D eigenvalue weighted by Gasteiger charge is -2.26. The standard InChI is InChI=1S/C22H20F3N/c1-3-16-26(17-4-2)21(15-10-18-8-6-5-7-9-18)19-11-13-20(14-12-19)22(23,24)25/h3-9,11-14,21H,1-2,16-17H2/t21-/m1/s1. The second kappa shape index (κ2) is 9.07. The van der Waals surface area contributed by atoms with Crippen LogP contribution in [0.2, 0.25) is 0 Å². The van der Waals surface area contributed by atoms with Crippen molar-refractivity contribution in [1.82, 2.24) is 4.90 Å². The van der Waals surface area contributed by atoms with Crippen LogP contribution in [0.3, 0.4) is 0 Å². The highest BCUT2D eigenvalue weighted by molar-refractivity contribution is 5.38. The number of hydrogen-bond acceptors (Lipinski definition) is 1. The molecule has 0 aromatic heterocycles. The minimum absolute atomic E-state index is 0.367. The van der Waals surface area contributed by atoms with Gasteiger partial charge in [0.05, 0.1) is 11.6 Å². The molecular formula is C22H20F3N. The van der Waals surface area contributed by atoms with Crippen molar-refractivity contribution < 1.29 is 13.2 Å². The van der Waals surface area contributed by atoms with E-state index in [-0.39, 0.29) is 6.04 Å². The van der Waals surface area contributed by atoms with Gasteiger partial charge >= 0.3 is 6.18 Å². The molecule has 0 aliphatic rings. The van der Waals surface area contributed by atoms with Crippen LogP contribution >= 0.6 is 0 Å². The molecule has 0 unspecified atom stereocenters. The minimum Gasteiger partial charge on any atom is -0.279 e. The van der Waals surface area contributed by atoms with E-state index < -0.39 is 11.7 Å². The molecule has 0 aliphatic heterocycles. The molecule has 0 heterocycles. The average molecular weight is 355 g/mol. The second-order valence-corrected chi connectivity index (χ2v) is 5.69. The number of halogens is 3. The third-order valence-electron chi connectivity index (χ3n) is 3.77. The van der Waals surface area contributed by atoms with Gasteiger partial charge in [-0.1, -0.05) is 54.3 Å². The van der Waals surface area contributed by atoms with Crippen molar-refractivity contribution in [2.45, 2.75) is 12.2 Å². The molecular weight excluding hydrogens is 335 g/mol. The zero-order valence-electron chi connectivity index (χ0n) is 14.3. The van der Waals surface area contributed by atoms with Gasteiger partial charge in [0, 0.05) is 18.7 Å². The van der Waals surface area contributed by atoms with E-state index in [2.05, 4.69) is 25.0 Å². The van der Waals surface area contributed by atoms with E-state index in [1.165, 1.54) is 12.1 Å². The van der Waals surface area contributed by atoms with Gasteiger partial charge in [-0.3, -0.25) is 4.90 Å². The Labute approximate surface area is 152 Å². The fourth-order valence-electron chi connectivity index (χ4n) is 2.53. The van der Waals surface area contributed by atoms with E-state index >= 15 is 0 Å². The first-order valence-electron chi connectivity index (χ1n) is 8.15. The third kappa shape index (κ3) is 5.37. The molecule has 0 amide bonds. The van der Waals surface area contributed by atoms with Crippen molar-refractivity contribution in [2.75, 3.05) is 13.1 Å². The summed E-state index contributed by atoms with van der Waals surface area (Å²) in [6.45, 7) is 8.59. The number of benzene rings is 2. The van der Waals surface area contributed by atoms with Gasteiger partial charge in [-0.15, -0.1) is 13.2 Å². The van der Waals surface area contributed by atoms with Gasteiger partial charge in [-0.2, -0.15) is 13.2 Å².